The van der Waals surface area contributed by atoms with Crippen LogP contribution in [0.25, 0.3) is 0 Å². The maximum atomic E-state index is 12.0. The van der Waals surface area contributed by atoms with Crippen molar-refractivity contribution in [1.82, 2.24) is 15.5 Å². The van der Waals surface area contributed by atoms with Gasteiger partial charge in [0.25, 0.3) is 0 Å². The minimum absolute atomic E-state index is 0.0361. The predicted molar refractivity (Wildman–Crippen MR) is 82.6 cm³/mol. The smallest absolute Gasteiger partial charge is 0.317 e. The van der Waals surface area contributed by atoms with Crippen LogP contribution in [0, 0.1) is 0 Å². The van der Waals surface area contributed by atoms with Crippen molar-refractivity contribution in [2.45, 2.75) is 19.4 Å². The zero-order valence-corrected chi connectivity index (χ0v) is 13.2. The highest BCUT2D eigenvalue weighted by Gasteiger charge is 2.21. The van der Waals surface area contributed by atoms with Crippen molar-refractivity contribution >= 4 is 35.1 Å². The fourth-order valence-corrected chi connectivity index (χ4v) is 2.69. The molecule has 2 N–H and O–H groups in total. The number of hydrogen-bond donors (Lipinski definition) is 2. The number of nitrogens with zero attached hydrogens (tertiary/aromatic N) is 1. The van der Waals surface area contributed by atoms with Gasteiger partial charge in [-0.25, -0.2) is 4.79 Å². The van der Waals surface area contributed by atoms with Gasteiger partial charge in [0.1, 0.15) is 6.54 Å². The van der Waals surface area contributed by atoms with Crippen LogP contribution in [0.1, 0.15) is 24.9 Å². The number of carbonyl (C=O) groups excluding carboxylic acids is 2. The highest BCUT2D eigenvalue weighted by molar-refractivity contribution is 6.42. The van der Waals surface area contributed by atoms with Crippen LogP contribution in [-0.4, -0.2) is 36.5 Å². The molecule has 114 valence electrons. The third kappa shape index (κ3) is 4.02. The number of amides is 3. The molecule has 1 aliphatic heterocycles. The van der Waals surface area contributed by atoms with Gasteiger partial charge in [-0.15, -0.1) is 0 Å². The molecule has 5 nitrogen and oxygen atoms in total. The van der Waals surface area contributed by atoms with Crippen LogP contribution in [0.4, 0.5) is 4.79 Å². The van der Waals surface area contributed by atoms with Crippen molar-refractivity contribution in [3.63, 3.8) is 0 Å². The van der Waals surface area contributed by atoms with Crippen molar-refractivity contribution in [2.75, 3.05) is 19.6 Å². The quantitative estimate of drug-likeness (QED) is 0.891. The molecular formula is C14H17Cl2N3O2. The van der Waals surface area contributed by atoms with E-state index < -0.39 is 0 Å². The van der Waals surface area contributed by atoms with Gasteiger partial charge < -0.3 is 15.5 Å². The lowest BCUT2D eigenvalue weighted by molar-refractivity contribution is -0.122. The first kappa shape index (κ1) is 15.9. The van der Waals surface area contributed by atoms with Crippen molar-refractivity contribution < 1.29 is 9.59 Å². The van der Waals surface area contributed by atoms with Gasteiger partial charge in [-0.3, -0.25) is 4.79 Å². The molecule has 0 aliphatic carbocycles. The molecule has 1 aromatic rings. The normalized spacial score (nSPS) is 16.3. The second kappa shape index (κ2) is 7.00. The van der Waals surface area contributed by atoms with Crippen LogP contribution in [0.5, 0.6) is 0 Å². The van der Waals surface area contributed by atoms with Gasteiger partial charge in [-0.05, 0) is 25.0 Å². The predicted octanol–water partition coefficient (Wildman–Crippen LogP) is 2.59. The van der Waals surface area contributed by atoms with Gasteiger partial charge in [0.2, 0.25) is 5.91 Å². The Morgan fingerprint density at radius 1 is 1.48 bits per heavy atom. The van der Waals surface area contributed by atoms with E-state index in [-0.39, 0.29) is 24.5 Å². The number of carbonyl (C=O) groups is 2. The number of halogens is 2. The molecule has 1 aliphatic rings. The molecule has 1 atom stereocenters. The van der Waals surface area contributed by atoms with Gasteiger partial charge >= 0.3 is 6.03 Å². The van der Waals surface area contributed by atoms with E-state index in [0.29, 0.717) is 23.1 Å². The summed E-state index contributed by atoms with van der Waals surface area (Å²) >= 11 is 12.1. The minimum Gasteiger partial charge on any atom is -0.348 e. The second-order valence-corrected chi connectivity index (χ2v) is 5.72. The van der Waals surface area contributed by atoms with E-state index in [0.717, 1.165) is 12.0 Å². The maximum Gasteiger partial charge on any atom is 0.317 e. The third-order valence-electron chi connectivity index (χ3n) is 3.33. The average Bonchev–Trinajstić information content (AvgIpc) is 2.44. The fourth-order valence-electron chi connectivity index (χ4n) is 2.22. The molecule has 1 aromatic carbocycles. The van der Waals surface area contributed by atoms with Crippen molar-refractivity contribution in [2.24, 2.45) is 0 Å². The summed E-state index contributed by atoms with van der Waals surface area (Å²) in [7, 11) is 0. The highest BCUT2D eigenvalue weighted by atomic mass is 35.5. The van der Waals surface area contributed by atoms with E-state index in [1.54, 1.807) is 12.1 Å². The summed E-state index contributed by atoms with van der Waals surface area (Å²) < 4.78 is 0. The van der Waals surface area contributed by atoms with E-state index in [2.05, 4.69) is 10.6 Å². The molecular weight excluding hydrogens is 313 g/mol. The number of rotatable bonds is 4. The average molecular weight is 330 g/mol. The SMILES string of the molecule is C[C@@H](NC(=O)CN1CCCNC1=O)c1cccc(Cl)c1Cl. The van der Waals surface area contributed by atoms with Gasteiger partial charge in [0.05, 0.1) is 16.1 Å². The van der Waals surface area contributed by atoms with Gasteiger partial charge in [-0.1, -0.05) is 35.3 Å². The number of benzene rings is 1. The molecule has 1 saturated heterocycles. The lowest BCUT2D eigenvalue weighted by Gasteiger charge is -2.27. The topological polar surface area (TPSA) is 61.4 Å². The van der Waals surface area contributed by atoms with Crippen molar-refractivity contribution in [3.8, 4) is 0 Å². The van der Waals surface area contributed by atoms with Crippen LogP contribution in [0.3, 0.4) is 0 Å². The zero-order chi connectivity index (χ0) is 15.4. The van der Waals surface area contributed by atoms with Crippen molar-refractivity contribution in [3.05, 3.63) is 33.8 Å². The molecule has 0 radical (unpaired) electrons. The summed E-state index contributed by atoms with van der Waals surface area (Å²) in [6, 6.07) is 4.80. The van der Waals surface area contributed by atoms with E-state index >= 15 is 0 Å². The number of urea groups is 1. The molecule has 3 amide bonds. The van der Waals surface area contributed by atoms with E-state index in [1.807, 2.05) is 13.0 Å². The number of nitrogens with one attached hydrogen (secondary N) is 2. The minimum atomic E-state index is -0.281. The summed E-state index contributed by atoms with van der Waals surface area (Å²) in [4.78, 5) is 25.1. The third-order valence-corrected chi connectivity index (χ3v) is 4.16. The van der Waals surface area contributed by atoms with Crippen LogP contribution >= 0.6 is 23.2 Å². The molecule has 21 heavy (non-hydrogen) atoms. The second-order valence-electron chi connectivity index (χ2n) is 4.94. The summed E-state index contributed by atoms with van der Waals surface area (Å²) in [5.41, 5.74) is 0.751. The van der Waals surface area contributed by atoms with Crippen LogP contribution < -0.4 is 10.6 Å². The van der Waals surface area contributed by atoms with E-state index in [4.69, 9.17) is 23.2 Å². The standard InChI is InChI=1S/C14H17Cl2N3O2/c1-9(10-4-2-5-11(15)13(10)16)18-12(20)8-19-7-3-6-17-14(19)21/h2,4-5,9H,3,6-8H2,1H3,(H,17,21)(H,18,20)/t9-/m1/s1. The summed E-state index contributed by atoms with van der Waals surface area (Å²) in [6.07, 6.45) is 0.842. The van der Waals surface area contributed by atoms with Crippen LogP contribution in [0.2, 0.25) is 10.0 Å². The Hall–Kier alpha value is -1.46. The molecule has 1 fully saturated rings. The Kier molecular flexibility index (Phi) is 5.31. The maximum absolute atomic E-state index is 12.0. The molecule has 0 spiro atoms. The first-order valence-corrected chi connectivity index (χ1v) is 7.50. The Bertz CT molecular complexity index is 551. The molecule has 0 saturated carbocycles. The lowest BCUT2D eigenvalue weighted by atomic mass is 10.1. The summed E-state index contributed by atoms with van der Waals surface area (Å²) in [5, 5.41) is 6.42. The lowest BCUT2D eigenvalue weighted by Crippen LogP contribution is -2.50. The van der Waals surface area contributed by atoms with Gasteiger partial charge in [-0.2, -0.15) is 0 Å². The highest BCUT2D eigenvalue weighted by Crippen LogP contribution is 2.29. The molecule has 0 unspecified atom stereocenters. The Morgan fingerprint density at radius 3 is 2.95 bits per heavy atom. The van der Waals surface area contributed by atoms with Crippen LogP contribution in [0.15, 0.2) is 18.2 Å². The summed E-state index contributed by atoms with van der Waals surface area (Å²) in [6.45, 7) is 3.11. The van der Waals surface area contributed by atoms with Gasteiger partial charge in [0, 0.05) is 13.1 Å². The van der Waals surface area contributed by atoms with Gasteiger partial charge in [0.15, 0.2) is 0 Å². The molecule has 0 bridgehead atoms. The molecule has 0 aromatic heterocycles. The zero-order valence-electron chi connectivity index (χ0n) is 11.7. The fraction of sp³-hybridized carbons (Fsp3) is 0.429. The monoisotopic (exact) mass is 329 g/mol. The van der Waals surface area contributed by atoms with Crippen molar-refractivity contribution in [1.29, 1.82) is 0 Å². The number of hydrogen-bond acceptors (Lipinski definition) is 2. The Labute approximate surface area is 133 Å². The Morgan fingerprint density at radius 2 is 2.24 bits per heavy atom. The van der Waals surface area contributed by atoms with Crippen LogP contribution in [-0.2, 0) is 4.79 Å². The first-order valence-electron chi connectivity index (χ1n) is 6.75. The molecule has 1 heterocycles. The first-order chi connectivity index (χ1) is 9.99. The largest absolute Gasteiger partial charge is 0.348 e. The molecule has 7 heteroatoms. The van der Waals surface area contributed by atoms with E-state index in [1.165, 1.54) is 4.90 Å². The molecule has 2 rings (SSSR count). The summed E-state index contributed by atoms with van der Waals surface area (Å²) in [5.74, 6) is -0.226. The van der Waals surface area contributed by atoms with E-state index in [9.17, 15) is 9.59 Å². The Balaban J connectivity index is 1.95.